The largest absolute Gasteiger partial charge is 0.352 e. The number of amides is 1. The smallest absolute Gasteiger partial charge is 0.252 e. The van der Waals surface area contributed by atoms with Gasteiger partial charge in [0.1, 0.15) is 5.82 Å². The van der Waals surface area contributed by atoms with Gasteiger partial charge in [0, 0.05) is 28.6 Å². The van der Waals surface area contributed by atoms with Crippen LogP contribution in [0.4, 0.5) is 0 Å². The number of hydrogen-bond acceptors (Lipinski definition) is 4. The molecule has 29 heavy (non-hydrogen) atoms. The highest BCUT2D eigenvalue weighted by molar-refractivity contribution is 7.98. The Balaban J connectivity index is 1.33. The van der Waals surface area contributed by atoms with Crippen molar-refractivity contribution in [3.8, 4) is 0 Å². The SMILES string of the molecule is Cc1nc2ccccc2n1CCCNC(=O)c1ccccc1SCc1cccs1. The van der Waals surface area contributed by atoms with Gasteiger partial charge in [-0.3, -0.25) is 4.79 Å². The van der Waals surface area contributed by atoms with E-state index >= 15 is 0 Å². The van der Waals surface area contributed by atoms with Crippen LogP contribution in [0.3, 0.4) is 0 Å². The van der Waals surface area contributed by atoms with Gasteiger partial charge in [-0.15, -0.1) is 23.1 Å². The van der Waals surface area contributed by atoms with Crippen molar-refractivity contribution in [2.45, 2.75) is 30.5 Å². The minimum absolute atomic E-state index is 0.00788. The number of carbonyl (C=O) groups is 1. The lowest BCUT2D eigenvalue weighted by atomic mass is 10.2. The average molecular weight is 422 g/mol. The first-order valence-corrected chi connectivity index (χ1v) is 11.5. The summed E-state index contributed by atoms with van der Waals surface area (Å²) in [4.78, 5) is 19.7. The summed E-state index contributed by atoms with van der Waals surface area (Å²) >= 11 is 3.46. The van der Waals surface area contributed by atoms with Crippen molar-refractivity contribution in [1.82, 2.24) is 14.9 Å². The molecule has 0 radical (unpaired) electrons. The standard InChI is InChI=1S/C23H23N3OS2/c1-17-25-20-10-3-4-11-21(20)26(17)14-7-13-24-23(27)19-9-2-5-12-22(19)29-16-18-8-6-15-28-18/h2-6,8-12,15H,7,13-14,16H2,1H3,(H,24,27). The quantitative estimate of drug-likeness (QED) is 0.301. The summed E-state index contributed by atoms with van der Waals surface area (Å²) in [6, 6.07) is 20.2. The van der Waals surface area contributed by atoms with Gasteiger partial charge in [0.05, 0.1) is 16.6 Å². The molecule has 0 aliphatic heterocycles. The Kier molecular flexibility index (Phi) is 6.32. The molecule has 0 spiro atoms. The number of para-hydroxylation sites is 2. The first kappa shape index (κ1) is 19.7. The third-order valence-electron chi connectivity index (χ3n) is 4.77. The second kappa shape index (κ2) is 9.29. The van der Waals surface area contributed by atoms with Gasteiger partial charge >= 0.3 is 0 Å². The molecular weight excluding hydrogens is 398 g/mol. The minimum atomic E-state index is -0.00788. The number of hydrogen-bond donors (Lipinski definition) is 1. The second-order valence-corrected chi connectivity index (χ2v) is 8.82. The van der Waals surface area contributed by atoms with Crippen molar-refractivity contribution in [2.24, 2.45) is 0 Å². The topological polar surface area (TPSA) is 46.9 Å². The van der Waals surface area contributed by atoms with Gasteiger partial charge in [-0.1, -0.05) is 30.3 Å². The Bertz CT molecular complexity index is 1100. The zero-order valence-electron chi connectivity index (χ0n) is 16.3. The number of aryl methyl sites for hydroxylation is 2. The van der Waals surface area contributed by atoms with E-state index in [9.17, 15) is 4.79 Å². The van der Waals surface area contributed by atoms with E-state index in [1.165, 1.54) is 4.88 Å². The van der Waals surface area contributed by atoms with Crippen LogP contribution in [0.25, 0.3) is 11.0 Å². The molecule has 0 unspecified atom stereocenters. The van der Waals surface area contributed by atoms with Gasteiger partial charge in [0.2, 0.25) is 0 Å². The van der Waals surface area contributed by atoms with E-state index in [1.807, 2.05) is 49.4 Å². The van der Waals surface area contributed by atoms with Crippen LogP contribution in [0.2, 0.25) is 0 Å². The molecule has 0 saturated heterocycles. The Morgan fingerprint density at radius 2 is 1.93 bits per heavy atom. The van der Waals surface area contributed by atoms with E-state index in [-0.39, 0.29) is 5.91 Å². The number of rotatable bonds is 8. The molecule has 0 saturated carbocycles. The summed E-state index contributed by atoms with van der Waals surface area (Å²) < 4.78 is 2.21. The fraction of sp³-hybridized carbons (Fsp3) is 0.217. The van der Waals surface area contributed by atoms with Gasteiger partial charge in [0.25, 0.3) is 5.91 Å². The van der Waals surface area contributed by atoms with Crippen LogP contribution in [0.15, 0.2) is 70.9 Å². The number of thioether (sulfide) groups is 1. The van der Waals surface area contributed by atoms with Crippen LogP contribution in [0.1, 0.15) is 27.5 Å². The summed E-state index contributed by atoms with van der Waals surface area (Å²) in [7, 11) is 0. The summed E-state index contributed by atoms with van der Waals surface area (Å²) in [6.07, 6.45) is 0.859. The highest BCUT2D eigenvalue weighted by Crippen LogP contribution is 2.28. The molecule has 6 heteroatoms. The van der Waals surface area contributed by atoms with Crippen molar-refractivity contribution < 1.29 is 4.79 Å². The van der Waals surface area contributed by atoms with Crippen molar-refractivity contribution in [3.63, 3.8) is 0 Å². The normalized spacial score (nSPS) is 11.1. The lowest BCUT2D eigenvalue weighted by molar-refractivity contribution is 0.0950. The monoisotopic (exact) mass is 421 g/mol. The molecule has 4 aromatic rings. The van der Waals surface area contributed by atoms with Gasteiger partial charge in [-0.05, 0) is 49.1 Å². The van der Waals surface area contributed by atoms with Gasteiger partial charge in [-0.25, -0.2) is 4.98 Å². The van der Waals surface area contributed by atoms with E-state index in [0.717, 1.165) is 46.0 Å². The van der Waals surface area contributed by atoms with Crippen molar-refractivity contribution in [1.29, 1.82) is 0 Å². The summed E-state index contributed by atoms with van der Waals surface area (Å²) in [6.45, 7) is 3.50. The molecule has 0 atom stereocenters. The average Bonchev–Trinajstić information content (AvgIpc) is 3.37. The van der Waals surface area contributed by atoms with Gasteiger partial charge in [0.15, 0.2) is 0 Å². The van der Waals surface area contributed by atoms with Crippen molar-refractivity contribution in [2.75, 3.05) is 6.54 Å². The first-order chi connectivity index (χ1) is 14.2. The molecule has 0 fully saturated rings. The van der Waals surface area contributed by atoms with Crippen molar-refractivity contribution in [3.05, 3.63) is 82.3 Å². The lowest BCUT2D eigenvalue weighted by Crippen LogP contribution is -2.25. The third kappa shape index (κ3) is 4.71. The number of nitrogens with zero attached hydrogens (tertiary/aromatic N) is 2. The molecule has 4 rings (SSSR count). The second-order valence-electron chi connectivity index (χ2n) is 6.77. The van der Waals surface area contributed by atoms with Crippen molar-refractivity contribution >= 4 is 40.0 Å². The minimum Gasteiger partial charge on any atom is -0.352 e. The predicted octanol–water partition coefficient (Wildman–Crippen LogP) is 5.52. The number of fused-ring (bicyclic) bond motifs is 1. The summed E-state index contributed by atoms with van der Waals surface area (Å²) in [5, 5.41) is 5.16. The third-order valence-corrected chi connectivity index (χ3v) is 6.95. The van der Waals surface area contributed by atoms with E-state index in [4.69, 9.17) is 0 Å². The number of nitrogens with one attached hydrogen (secondary N) is 1. The molecule has 148 valence electrons. The molecule has 1 N–H and O–H groups in total. The van der Waals surface area contributed by atoms with Gasteiger partial charge < -0.3 is 9.88 Å². The lowest BCUT2D eigenvalue weighted by Gasteiger charge is -2.11. The molecule has 2 aromatic heterocycles. The van der Waals surface area contributed by atoms with Crippen LogP contribution in [-0.2, 0) is 12.3 Å². The molecule has 0 aliphatic rings. The van der Waals surface area contributed by atoms with Crippen LogP contribution in [0.5, 0.6) is 0 Å². The van der Waals surface area contributed by atoms with Crippen LogP contribution in [-0.4, -0.2) is 22.0 Å². The Labute approximate surface area is 179 Å². The number of carbonyl (C=O) groups excluding carboxylic acids is 1. The zero-order valence-corrected chi connectivity index (χ0v) is 17.9. The molecular formula is C23H23N3OS2. The zero-order chi connectivity index (χ0) is 20.1. The Morgan fingerprint density at radius 3 is 2.79 bits per heavy atom. The maximum atomic E-state index is 12.7. The number of benzene rings is 2. The fourth-order valence-corrected chi connectivity index (χ4v) is 5.16. The van der Waals surface area contributed by atoms with Gasteiger partial charge in [-0.2, -0.15) is 0 Å². The molecule has 0 aliphatic carbocycles. The summed E-state index contributed by atoms with van der Waals surface area (Å²) in [5.41, 5.74) is 2.91. The molecule has 0 bridgehead atoms. The molecule has 1 amide bonds. The number of thiophene rings is 1. The summed E-state index contributed by atoms with van der Waals surface area (Å²) in [5.74, 6) is 1.88. The fourth-order valence-electron chi connectivity index (χ4n) is 3.34. The molecule has 2 heterocycles. The number of aromatic nitrogens is 2. The number of imidazole rings is 1. The predicted molar refractivity (Wildman–Crippen MR) is 122 cm³/mol. The maximum Gasteiger partial charge on any atom is 0.252 e. The van der Waals surface area contributed by atoms with E-state index in [2.05, 4.69) is 38.4 Å². The maximum absolute atomic E-state index is 12.7. The molecule has 2 aromatic carbocycles. The highest BCUT2D eigenvalue weighted by Gasteiger charge is 2.12. The van der Waals surface area contributed by atoms with Crippen LogP contribution >= 0.6 is 23.1 Å². The Hall–Kier alpha value is -2.57. The Morgan fingerprint density at radius 1 is 1.10 bits per heavy atom. The van der Waals surface area contributed by atoms with E-state index < -0.39 is 0 Å². The first-order valence-electron chi connectivity index (χ1n) is 9.66. The van der Waals surface area contributed by atoms with E-state index in [0.29, 0.717) is 6.54 Å². The van der Waals surface area contributed by atoms with Crippen LogP contribution < -0.4 is 5.32 Å². The van der Waals surface area contributed by atoms with Crippen LogP contribution in [0, 0.1) is 6.92 Å². The highest BCUT2D eigenvalue weighted by atomic mass is 32.2. The van der Waals surface area contributed by atoms with E-state index in [1.54, 1.807) is 23.1 Å². The molecule has 4 nitrogen and oxygen atoms in total.